The fraction of sp³-hybridized carbons (Fsp3) is 0.118. The van der Waals surface area contributed by atoms with Crippen LogP contribution in [-0.4, -0.2) is 17.8 Å². The summed E-state index contributed by atoms with van der Waals surface area (Å²) in [6.45, 7) is 0. The molecule has 20 heavy (non-hydrogen) atoms. The maximum atomic E-state index is 3.67. The van der Waals surface area contributed by atoms with Crippen molar-refractivity contribution in [2.24, 2.45) is 0 Å². The molecular formula is C17H19BN2. The van der Waals surface area contributed by atoms with Crippen LogP contribution in [0.5, 0.6) is 0 Å². The number of aromatic nitrogens is 2. The molecule has 100 valence electrons. The van der Waals surface area contributed by atoms with Gasteiger partial charge in [-0.3, -0.25) is 0 Å². The predicted molar refractivity (Wildman–Crippen MR) is 86.7 cm³/mol. The van der Waals surface area contributed by atoms with Crippen molar-refractivity contribution in [3.63, 3.8) is 0 Å². The molecule has 0 saturated carbocycles. The number of rotatable bonds is 3. The van der Waals surface area contributed by atoms with Crippen LogP contribution in [0.2, 0.25) is 6.32 Å². The van der Waals surface area contributed by atoms with E-state index >= 15 is 0 Å². The van der Waals surface area contributed by atoms with Gasteiger partial charge >= 0.3 is 0 Å². The second-order valence-electron chi connectivity index (χ2n) is 4.54. The zero-order chi connectivity index (χ0) is 14.0. The van der Waals surface area contributed by atoms with Gasteiger partial charge in [-0.15, -0.1) is 0 Å². The molecule has 3 aromatic rings. The topological polar surface area (TPSA) is 28.7 Å². The van der Waals surface area contributed by atoms with Crippen LogP contribution in [0.4, 0.5) is 0 Å². The molecule has 0 atom stereocenters. The Balaban J connectivity index is 0.000000247. The smallest absolute Gasteiger partial charge is 0.102 e. The van der Waals surface area contributed by atoms with Crippen LogP contribution < -0.4 is 0 Å². The van der Waals surface area contributed by atoms with E-state index in [1.807, 2.05) is 0 Å². The van der Waals surface area contributed by atoms with E-state index in [4.69, 9.17) is 0 Å². The summed E-state index contributed by atoms with van der Waals surface area (Å²) in [5.41, 5.74) is 2.82. The van der Waals surface area contributed by atoms with E-state index in [1.54, 1.807) is 18.7 Å². The lowest BCUT2D eigenvalue weighted by atomic mass is 9.81. The molecule has 0 radical (unpaired) electrons. The second kappa shape index (κ2) is 8.00. The molecule has 3 heteroatoms. The van der Waals surface area contributed by atoms with E-state index in [0.29, 0.717) is 5.92 Å². The van der Waals surface area contributed by atoms with Crippen LogP contribution in [-0.2, 0) is 0 Å². The monoisotopic (exact) mass is 262 g/mol. The van der Waals surface area contributed by atoms with Crippen molar-refractivity contribution in [2.45, 2.75) is 12.2 Å². The molecule has 0 unspecified atom stereocenters. The Morgan fingerprint density at radius 3 is 1.75 bits per heavy atom. The molecule has 3 rings (SSSR count). The SMILES string of the molecule is BCC(c1ccccc1)c1ccccc1.c1c[nH]cn1. The van der Waals surface area contributed by atoms with E-state index in [0.717, 1.165) is 6.32 Å². The number of nitrogens with zero attached hydrogens (tertiary/aromatic N) is 1. The van der Waals surface area contributed by atoms with Crippen LogP contribution in [0.25, 0.3) is 0 Å². The van der Waals surface area contributed by atoms with Crippen molar-refractivity contribution >= 4 is 7.85 Å². The van der Waals surface area contributed by atoms with Crippen LogP contribution in [0.3, 0.4) is 0 Å². The minimum atomic E-state index is 0.535. The zero-order valence-corrected chi connectivity index (χ0v) is 11.7. The summed E-state index contributed by atoms with van der Waals surface area (Å²) in [5.74, 6) is 0.535. The van der Waals surface area contributed by atoms with Gasteiger partial charge in [0.15, 0.2) is 0 Å². The van der Waals surface area contributed by atoms with Crippen LogP contribution >= 0.6 is 0 Å². The lowest BCUT2D eigenvalue weighted by molar-refractivity contribution is 0.919. The van der Waals surface area contributed by atoms with Gasteiger partial charge in [0.05, 0.1) is 6.33 Å². The quantitative estimate of drug-likeness (QED) is 0.721. The van der Waals surface area contributed by atoms with Crippen molar-refractivity contribution in [3.05, 3.63) is 90.5 Å². The van der Waals surface area contributed by atoms with Crippen molar-refractivity contribution < 1.29 is 0 Å². The highest BCUT2D eigenvalue weighted by atomic mass is 14.8. The zero-order valence-electron chi connectivity index (χ0n) is 11.7. The molecule has 0 aliphatic rings. The lowest BCUT2D eigenvalue weighted by Gasteiger charge is -2.15. The standard InChI is InChI=1S/C14H15B.C3H4N2/c15-11-14(12-7-3-1-4-8-12)13-9-5-2-6-10-13;1-2-5-3-4-1/h1-10,14H,11,15H2;1-3H,(H,4,5). The van der Waals surface area contributed by atoms with Crippen molar-refractivity contribution in [3.8, 4) is 0 Å². The average Bonchev–Trinajstić information content (AvgIpc) is 3.10. The minimum absolute atomic E-state index is 0.535. The molecule has 1 aromatic heterocycles. The fourth-order valence-corrected chi connectivity index (χ4v) is 2.25. The molecule has 1 N–H and O–H groups in total. The number of hydrogen-bond donors (Lipinski definition) is 1. The highest BCUT2D eigenvalue weighted by Crippen LogP contribution is 2.26. The van der Waals surface area contributed by atoms with Gasteiger partial charge in [0.25, 0.3) is 0 Å². The third kappa shape index (κ3) is 4.13. The van der Waals surface area contributed by atoms with E-state index in [1.165, 1.54) is 11.1 Å². The molecule has 2 nitrogen and oxygen atoms in total. The largest absolute Gasteiger partial charge is 0.351 e. The van der Waals surface area contributed by atoms with E-state index in [-0.39, 0.29) is 0 Å². The molecule has 0 bridgehead atoms. The normalized spacial score (nSPS) is 9.85. The summed E-state index contributed by atoms with van der Waals surface area (Å²) in [5, 5.41) is 0. The maximum absolute atomic E-state index is 3.67. The number of H-pyrrole nitrogens is 1. The van der Waals surface area contributed by atoms with Crippen molar-refractivity contribution in [1.82, 2.24) is 9.97 Å². The molecule has 0 spiro atoms. The Labute approximate surface area is 121 Å². The van der Waals surface area contributed by atoms with Gasteiger partial charge < -0.3 is 4.98 Å². The maximum Gasteiger partial charge on any atom is 0.102 e. The Bertz CT molecular complexity index is 508. The Kier molecular flexibility index (Phi) is 5.65. The molecule has 2 aromatic carbocycles. The highest BCUT2D eigenvalue weighted by Gasteiger charge is 2.10. The summed E-state index contributed by atoms with van der Waals surface area (Å²) in [7, 11) is 2.24. The van der Waals surface area contributed by atoms with Gasteiger partial charge in [-0.25, -0.2) is 4.98 Å². The Hall–Kier alpha value is -2.29. The fourth-order valence-electron chi connectivity index (χ4n) is 2.25. The third-order valence-corrected chi connectivity index (χ3v) is 3.22. The summed E-state index contributed by atoms with van der Waals surface area (Å²) in [6, 6.07) is 21.4. The first kappa shape index (κ1) is 14.1. The van der Waals surface area contributed by atoms with Crippen LogP contribution in [0.1, 0.15) is 17.0 Å². The second-order valence-corrected chi connectivity index (χ2v) is 4.54. The molecule has 1 heterocycles. The molecule has 0 fully saturated rings. The van der Waals surface area contributed by atoms with E-state index < -0.39 is 0 Å². The molecule has 0 amide bonds. The van der Waals surface area contributed by atoms with Crippen LogP contribution in [0, 0.1) is 0 Å². The van der Waals surface area contributed by atoms with Gasteiger partial charge in [-0.1, -0.05) is 67.0 Å². The summed E-state index contributed by atoms with van der Waals surface area (Å²) in [4.78, 5) is 6.42. The first-order valence-electron chi connectivity index (χ1n) is 6.94. The molecule has 0 aliphatic carbocycles. The predicted octanol–water partition coefficient (Wildman–Crippen LogP) is 3.28. The number of benzene rings is 2. The number of imidazole rings is 1. The number of aromatic amines is 1. The summed E-state index contributed by atoms with van der Waals surface area (Å²) < 4.78 is 0. The summed E-state index contributed by atoms with van der Waals surface area (Å²) in [6.07, 6.45) is 6.23. The highest BCUT2D eigenvalue weighted by molar-refractivity contribution is 6.09. The first-order chi connectivity index (χ1) is 9.92. The van der Waals surface area contributed by atoms with Gasteiger partial charge in [-0.05, 0) is 11.1 Å². The van der Waals surface area contributed by atoms with Crippen molar-refractivity contribution in [1.29, 1.82) is 0 Å². The van der Waals surface area contributed by atoms with E-state index in [9.17, 15) is 0 Å². The number of nitrogens with one attached hydrogen (secondary N) is 1. The van der Waals surface area contributed by atoms with Crippen LogP contribution in [0.15, 0.2) is 79.4 Å². The van der Waals surface area contributed by atoms with E-state index in [2.05, 4.69) is 78.5 Å². The van der Waals surface area contributed by atoms with Gasteiger partial charge in [0.2, 0.25) is 0 Å². The van der Waals surface area contributed by atoms with Gasteiger partial charge in [-0.2, -0.15) is 0 Å². The average molecular weight is 262 g/mol. The van der Waals surface area contributed by atoms with Crippen molar-refractivity contribution in [2.75, 3.05) is 0 Å². The lowest BCUT2D eigenvalue weighted by Crippen LogP contribution is -1.99. The molecule has 0 saturated heterocycles. The Morgan fingerprint density at radius 1 is 0.900 bits per heavy atom. The molecule has 0 aliphatic heterocycles. The van der Waals surface area contributed by atoms with Gasteiger partial charge in [0.1, 0.15) is 7.85 Å². The summed E-state index contributed by atoms with van der Waals surface area (Å²) >= 11 is 0. The van der Waals surface area contributed by atoms with Gasteiger partial charge in [0, 0.05) is 18.3 Å². The third-order valence-electron chi connectivity index (χ3n) is 3.22. The minimum Gasteiger partial charge on any atom is -0.351 e. The number of hydrogen-bond acceptors (Lipinski definition) is 1. The first-order valence-corrected chi connectivity index (χ1v) is 6.94. The molecular weight excluding hydrogens is 243 g/mol. The Morgan fingerprint density at radius 2 is 1.45 bits per heavy atom.